The minimum atomic E-state index is 0.306. The summed E-state index contributed by atoms with van der Waals surface area (Å²) in [5.74, 6) is 0.753. The van der Waals surface area contributed by atoms with E-state index in [1.807, 2.05) is 0 Å². The monoisotopic (exact) mass is 212 g/mol. The van der Waals surface area contributed by atoms with Gasteiger partial charge in [-0.3, -0.25) is 9.69 Å². The van der Waals surface area contributed by atoms with Crippen LogP contribution in [0, 0.1) is 5.92 Å². The summed E-state index contributed by atoms with van der Waals surface area (Å²) < 4.78 is 0. The fourth-order valence-corrected chi connectivity index (χ4v) is 2.14. The number of carbonyl (C=O) groups excluding carboxylic acids is 1. The van der Waals surface area contributed by atoms with Crippen LogP contribution in [-0.2, 0) is 4.79 Å². The lowest BCUT2D eigenvalue weighted by Crippen LogP contribution is -2.33. The Hall–Kier alpha value is -0.410. The largest absolute Gasteiger partial charge is 0.317 e. The van der Waals surface area contributed by atoms with Crippen molar-refractivity contribution >= 4 is 5.78 Å². The lowest BCUT2D eigenvalue weighted by molar-refractivity contribution is -0.124. The molecule has 88 valence electrons. The number of nitrogens with zero attached hydrogens (tertiary/aromatic N) is 1. The molecule has 0 spiro atoms. The second-order valence-electron chi connectivity index (χ2n) is 4.31. The molecule has 0 aromatic carbocycles. The van der Waals surface area contributed by atoms with Crippen LogP contribution >= 0.6 is 0 Å². The number of rotatable bonds is 5. The van der Waals surface area contributed by atoms with E-state index in [1.165, 1.54) is 0 Å². The van der Waals surface area contributed by atoms with Crippen molar-refractivity contribution < 1.29 is 4.79 Å². The van der Waals surface area contributed by atoms with Crippen molar-refractivity contribution in [1.82, 2.24) is 10.2 Å². The fraction of sp³-hybridized carbons (Fsp3) is 0.917. The van der Waals surface area contributed by atoms with E-state index in [2.05, 4.69) is 24.1 Å². The van der Waals surface area contributed by atoms with Crippen LogP contribution in [0.2, 0.25) is 0 Å². The fourth-order valence-electron chi connectivity index (χ4n) is 2.14. The Balaban J connectivity index is 2.36. The van der Waals surface area contributed by atoms with Gasteiger partial charge in [0.05, 0.1) is 6.54 Å². The summed E-state index contributed by atoms with van der Waals surface area (Å²) in [5, 5.41) is 3.35. The van der Waals surface area contributed by atoms with Gasteiger partial charge >= 0.3 is 0 Å². The molecular weight excluding hydrogens is 188 g/mol. The lowest BCUT2D eigenvalue weighted by Gasteiger charge is -2.20. The van der Waals surface area contributed by atoms with Crippen LogP contribution in [0.25, 0.3) is 0 Å². The molecule has 1 heterocycles. The molecule has 3 heteroatoms. The second kappa shape index (κ2) is 6.96. The van der Waals surface area contributed by atoms with E-state index in [0.717, 1.165) is 45.4 Å². The van der Waals surface area contributed by atoms with Gasteiger partial charge < -0.3 is 5.32 Å². The van der Waals surface area contributed by atoms with Gasteiger partial charge in [0, 0.05) is 5.92 Å². The molecule has 0 aromatic rings. The molecule has 1 unspecified atom stereocenters. The average Bonchev–Trinajstić information content (AvgIpc) is 2.54. The maximum Gasteiger partial charge on any atom is 0.149 e. The molecule has 1 N–H and O–H groups in total. The summed E-state index contributed by atoms with van der Waals surface area (Å²) in [6.45, 7) is 8.93. The minimum absolute atomic E-state index is 0.306. The minimum Gasteiger partial charge on any atom is -0.317 e. The van der Waals surface area contributed by atoms with E-state index in [9.17, 15) is 4.79 Å². The second-order valence-corrected chi connectivity index (χ2v) is 4.31. The third-order valence-corrected chi connectivity index (χ3v) is 3.30. The van der Waals surface area contributed by atoms with Gasteiger partial charge in [0.25, 0.3) is 0 Å². The highest BCUT2D eigenvalue weighted by molar-refractivity contribution is 5.83. The molecule has 1 rings (SSSR count). The maximum atomic E-state index is 12.0. The van der Waals surface area contributed by atoms with Crippen LogP contribution in [-0.4, -0.2) is 43.4 Å². The molecule has 0 aliphatic carbocycles. The smallest absolute Gasteiger partial charge is 0.149 e. The van der Waals surface area contributed by atoms with E-state index in [-0.39, 0.29) is 0 Å². The first kappa shape index (κ1) is 12.7. The zero-order valence-corrected chi connectivity index (χ0v) is 10.1. The first-order chi connectivity index (χ1) is 7.27. The van der Waals surface area contributed by atoms with E-state index in [0.29, 0.717) is 18.2 Å². The molecule has 1 saturated heterocycles. The predicted octanol–water partition coefficient (Wildman–Crippen LogP) is 1.29. The van der Waals surface area contributed by atoms with Gasteiger partial charge in [0.1, 0.15) is 5.78 Å². The predicted molar refractivity (Wildman–Crippen MR) is 63.0 cm³/mol. The van der Waals surface area contributed by atoms with Gasteiger partial charge in [0.15, 0.2) is 0 Å². The maximum absolute atomic E-state index is 12.0. The Bertz CT molecular complexity index is 182. The molecule has 0 amide bonds. The Morgan fingerprint density at radius 3 is 2.67 bits per heavy atom. The Morgan fingerprint density at radius 1 is 1.27 bits per heavy atom. The van der Waals surface area contributed by atoms with Crippen LogP contribution in [0.4, 0.5) is 0 Å². The lowest BCUT2D eigenvalue weighted by atomic mass is 9.95. The number of carbonyl (C=O) groups is 1. The van der Waals surface area contributed by atoms with Crippen molar-refractivity contribution in [1.29, 1.82) is 0 Å². The van der Waals surface area contributed by atoms with E-state index in [1.54, 1.807) is 0 Å². The van der Waals surface area contributed by atoms with E-state index < -0.39 is 0 Å². The molecule has 3 nitrogen and oxygen atoms in total. The van der Waals surface area contributed by atoms with Crippen molar-refractivity contribution in [3.05, 3.63) is 0 Å². The van der Waals surface area contributed by atoms with Gasteiger partial charge in [-0.25, -0.2) is 0 Å². The van der Waals surface area contributed by atoms with Gasteiger partial charge in [-0.05, 0) is 45.4 Å². The summed E-state index contributed by atoms with van der Waals surface area (Å²) in [7, 11) is 0. The zero-order chi connectivity index (χ0) is 11.1. The van der Waals surface area contributed by atoms with Crippen molar-refractivity contribution in [3.8, 4) is 0 Å². The molecule has 0 radical (unpaired) electrons. The molecule has 1 atom stereocenters. The number of Topliss-reactive ketones (excluding diaryl/α,β-unsaturated/α-hetero) is 1. The quantitative estimate of drug-likeness (QED) is 0.745. The van der Waals surface area contributed by atoms with Crippen LogP contribution in [0.3, 0.4) is 0 Å². The topological polar surface area (TPSA) is 32.3 Å². The number of hydrogen-bond acceptors (Lipinski definition) is 3. The van der Waals surface area contributed by atoms with E-state index in [4.69, 9.17) is 0 Å². The third kappa shape index (κ3) is 4.31. The molecule has 1 aliphatic heterocycles. The Labute approximate surface area is 93.2 Å². The van der Waals surface area contributed by atoms with Crippen LogP contribution in [0.5, 0.6) is 0 Å². The molecule has 0 bridgehead atoms. The highest BCUT2D eigenvalue weighted by atomic mass is 16.1. The number of ketones is 1. The highest BCUT2D eigenvalue weighted by Crippen LogP contribution is 2.15. The summed E-state index contributed by atoms with van der Waals surface area (Å²) in [5.41, 5.74) is 0. The number of nitrogens with one attached hydrogen (secondary N) is 1. The average molecular weight is 212 g/mol. The molecular formula is C12H24N2O. The summed E-state index contributed by atoms with van der Waals surface area (Å²) in [6.07, 6.45) is 3.25. The van der Waals surface area contributed by atoms with Crippen molar-refractivity contribution in [2.24, 2.45) is 5.92 Å². The van der Waals surface area contributed by atoms with Crippen LogP contribution in [0.1, 0.15) is 33.1 Å². The van der Waals surface area contributed by atoms with Crippen molar-refractivity contribution in [2.45, 2.75) is 33.1 Å². The van der Waals surface area contributed by atoms with Crippen molar-refractivity contribution in [3.63, 3.8) is 0 Å². The van der Waals surface area contributed by atoms with Crippen molar-refractivity contribution in [2.75, 3.05) is 32.7 Å². The SMILES string of the molecule is CCN(CC)CC(=O)C1CCCNCC1. The molecule has 1 fully saturated rings. The summed E-state index contributed by atoms with van der Waals surface area (Å²) in [6, 6.07) is 0. The first-order valence-corrected chi connectivity index (χ1v) is 6.23. The standard InChI is InChI=1S/C12H24N2O/c1-3-14(4-2)10-12(15)11-6-5-8-13-9-7-11/h11,13H,3-10H2,1-2H3. The normalized spacial score (nSPS) is 22.7. The summed E-state index contributed by atoms with van der Waals surface area (Å²) in [4.78, 5) is 14.2. The zero-order valence-electron chi connectivity index (χ0n) is 10.1. The number of likely N-dealkylation sites (N-methyl/N-ethyl adjacent to an activating group) is 1. The van der Waals surface area contributed by atoms with Gasteiger partial charge in [-0.15, -0.1) is 0 Å². The Morgan fingerprint density at radius 2 is 2.00 bits per heavy atom. The van der Waals surface area contributed by atoms with Crippen LogP contribution < -0.4 is 5.32 Å². The first-order valence-electron chi connectivity index (χ1n) is 6.23. The number of hydrogen-bond donors (Lipinski definition) is 1. The highest BCUT2D eigenvalue weighted by Gasteiger charge is 2.20. The molecule has 0 saturated carbocycles. The van der Waals surface area contributed by atoms with Gasteiger partial charge in [0.2, 0.25) is 0 Å². The van der Waals surface area contributed by atoms with Gasteiger partial charge in [-0.1, -0.05) is 13.8 Å². The Kier molecular flexibility index (Phi) is 5.88. The van der Waals surface area contributed by atoms with Crippen LogP contribution in [0.15, 0.2) is 0 Å². The molecule has 0 aromatic heterocycles. The molecule has 1 aliphatic rings. The van der Waals surface area contributed by atoms with E-state index >= 15 is 0 Å². The molecule has 15 heavy (non-hydrogen) atoms. The third-order valence-electron chi connectivity index (χ3n) is 3.30. The van der Waals surface area contributed by atoms with Gasteiger partial charge in [-0.2, -0.15) is 0 Å². The summed E-state index contributed by atoms with van der Waals surface area (Å²) >= 11 is 0.